The van der Waals surface area contributed by atoms with Gasteiger partial charge in [-0.2, -0.15) is 0 Å². The van der Waals surface area contributed by atoms with Gasteiger partial charge in [-0.3, -0.25) is 0 Å². The largest absolute Gasteiger partial charge is 0.398 e. The van der Waals surface area contributed by atoms with Crippen molar-refractivity contribution in [2.75, 3.05) is 19.3 Å². The lowest BCUT2D eigenvalue weighted by atomic mass is 10.3. The second-order valence-electron chi connectivity index (χ2n) is 5.06. The van der Waals surface area contributed by atoms with E-state index in [1.54, 1.807) is 0 Å². The Hall–Kier alpha value is -0.660. The van der Waals surface area contributed by atoms with Gasteiger partial charge in [-0.05, 0) is 46.3 Å². The number of hydrogen-bond acceptors (Lipinski definition) is 3. The second kappa shape index (κ2) is 5.03. The number of benzene rings is 1. The summed E-state index contributed by atoms with van der Waals surface area (Å²) in [6.45, 7) is 2.49. The first-order chi connectivity index (χ1) is 8.73. The lowest BCUT2D eigenvalue weighted by Crippen LogP contribution is -2.30. The van der Waals surface area contributed by atoms with Crippen molar-refractivity contribution in [3.63, 3.8) is 0 Å². The quantitative estimate of drug-likeness (QED) is 0.848. The SMILES string of the molecule is CC1CC1CN(C)S(=O)(=O)c1cc(N)c(Br)cc1F. The summed E-state index contributed by atoms with van der Waals surface area (Å²) in [6, 6.07) is 2.23. The molecule has 1 aromatic rings. The normalized spacial score (nSPS) is 22.8. The fourth-order valence-corrected chi connectivity index (χ4v) is 3.61. The summed E-state index contributed by atoms with van der Waals surface area (Å²) in [5.74, 6) is 0.116. The molecule has 0 aliphatic heterocycles. The molecule has 0 spiro atoms. The number of nitrogens with zero attached hydrogens (tertiary/aromatic N) is 1. The van der Waals surface area contributed by atoms with Crippen molar-refractivity contribution in [1.29, 1.82) is 0 Å². The summed E-state index contributed by atoms with van der Waals surface area (Å²) in [5.41, 5.74) is 5.83. The average Bonchev–Trinajstić information content (AvgIpc) is 2.99. The highest BCUT2D eigenvalue weighted by atomic mass is 79.9. The monoisotopic (exact) mass is 350 g/mol. The Labute approximate surface area is 121 Å². The maximum atomic E-state index is 13.8. The minimum Gasteiger partial charge on any atom is -0.398 e. The first kappa shape index (κ1) is 14.7. The van der Waals surface area contributed by atoms with Gasteiger partial charge in [-0.15, -0.1) is 0 Å². The molecule has 106 valence electrons. The van der Waals surface area contributed by atoms with E-state index in [9.17, 15) is 12.8 Å². The smallest absolute Gasteiger partial charge is 0.245 e. The van der Waals surface area contributed by atoms with Crippen LogP contribution in [-0.4, -0.2) is 26.3 Å². The topological polar surface area (TPSA) is 63.4 Å². The molecule has 0 radical (unpaired) electrons. The molecule has 0 heterocycles. The van der Waals surface area contributed by atoms with Crippen LogP contribution in [0.1, 0.15) is 13.3 Å². The zero-order chi connectivity index (χ0) is 14.4. The Morgan fingerprint density at radius 1 is 1.53 bits per heavy atom. The van der Waals surface area contributed by atoms with Crippen LogP contribution in [0.2, 0.25) is 0 Å². The summed E-state index contributed by atoms with van der Waals surface area (Å²) < 4.78 is 40.0. The molecule has 0 bridgehead atoms. The standard InChI is InChI=1S/C12H16BrFN2O2S/c1-7-3-8(7)6-16(2)19(17,18)12-5-11(15)9(13)4-10(12)14/h4-5,7-8H,3,6,15H2,1-2H3. The van der Waals surface area contributed by atoms with E-state index in [1.807, 2.05) is 0 Å². The number of nitrogens with two attached hydrogens (primary N) is 1. The van der Waals surface area contributed by atoms with Crippen LogP contribution in [0.25, 0.3) is 0 Å². The molecule has 2 rings (SSSR count). The molecule has 2 atom stereocenters. The molecule has 0 amide bonds. The fraction of sp³-hybridized carbons (Fsp3) is 0.500. The highest BCUT2D eigenvalue weighted by Gasteiger charge is 2.36. The van der Waals surface area contributed by atoms with Crippen molar-refractivity contribution in [3.05, 3.63) is 22.4 Å². The van der Waals surface area contributed by atoms with Crippen molar-refractivity contribution in [1.82, 2.24) is 4.31 Å². The van der Waals surface area contributed by atoms with E-state index in [4.69, 9.17) is 5.73 Å². The Balaban J connectivity index is 2.31. The molecule has 0 aromatic heterocycles. The van der Waals surface area contributed by atoms with Crippen molar-refractivity contribution >= 4 is 31.6 Å². The lowest BCUT2D eigenvalue weighted by molar-refractivity contribution is 0.440. The van der Waals surface area contributed by atoms with Crippen LogP contribution in [0.15, 0.2) is 21.5 Å². The molecule has 1 saturated carbocycles. The number of hydrogen-bond donors (Lipinski definition) is 1. The summed E-state index contributed by atoms with van der Waals surface area (Å²) >= 11 is 3.07. The van der Waals surface area contributed by atoms with Crippen LogP contribution < -0.4 is 5.73 Å². The Morgan fingerprint density at radius 3 is 2.63 bits per heavy atom. The van der Waals surface area contributed by atoms with Crippen LogP contribution in [0.5, 0.6) is 0 Å². The predicted molar refractivity (Wildman–Crippen MR) is 75.6 cm³/mol. The summed E-state index contributed by atoms with van der Waals surface area (Å²) in [7, 11) is -2.36. The lowest BCUT2D eigenvalue weighted by Gasteiger charge is -2.18. The first-order valence-corrected chi connectivity index (χ1v) is 8.17. The van der Waals surface area contributed by atoms with Gasteiger partial charge in [-0.1, -0.05) is 6.92 Å². The number of halogens is 2. The van der Waals surface area contributed by atoms with Crippen LogP contribution in [0.4, 0.5) is 10.1 Å². The molecule has 2 unspecified atom stereocenters. The van der Waals surface area contributed by atoms with Crippen LogP contribution in [0, 0.1) is 17.7 Å². The third kappa shape index (κ3) is 2.93. The van der Waals surface area contributed by atoms with Gasteiger partial charge in [-0.25, -0.2) is 17.1 Å². The van der Waals surface area contributed by atoms with Gasteiger partial charge < -0.3 is 5.73 Å². The predicted octanol–water partition coefficient (Wildman–Crippen LogP) is 2.45. The zero-order valence-electron chi connectivity index (χ0n) is 10.7. The molecule has 2 N–H and O–H groups in total. The first-order valence-electron chi connectivity index (χ1n) is 5.94. The van der Waals surface area contributed by atoms with Crippen molar-refractivity contribution in [2.24, 2.45) is 11.8 Å². The van der Waals surface area contributed by atoms with Crippen molar-refractivity contribution < 1.29 is 12.8 Å². The minimum absolute atomic E-state index is 0.202. The van der Waals surface area contributed by atoms with Gasteiger partial charge in [0.25, 0.3) is 0 Å². The van der Waals surface area contributed by atoms with Gasteiger partial charge >= 0.3 is 0 Å². The van der Waals surface area contributed by atoms with Crippen LogP contribution >= 0.6 is 15.9 Å². The molecule has 4 nitrogen and oxygen atoms in total. The van der Waals surface area contributed by atoms with Crippen LogP contribution in [-0.2, 0) is 10.0 Å². The average molecular weight is 351 g/mol. The fourth-order valence-electron chi connectivity index (χ4n) is 1.99. The Morgan fingerprint density at radius 2 is 2.11 bits per heavy atom. The van der Waals surface area contributed by atoms with Gasteiger partial charge in [0.15, 0.2) is 0 Å². The molecule has 7 heteroatoms. The maximum Gasteiger partial charge on any atom is 0.245 e. The summed E-state index contributed by atoms with van der Waals surface area (Å²) in [6.07, 6.45) is 1.02. The second-order valence-corrected chi connectivity index (χ2v) is 7.93. The van der Waals surface area contributed by atoms with E-state index in [0.29, 0.717) is 22.9 Å². The highest BCUT2D eigenvalue weighted by Crippen LogP contribution is 2.39. The number of rotatable bonds is 4. The maximum absolute atomic E-state index is 13.8. The van der Waals surface area contributed by atoms with E-state index >= 15 is 0 Å². The van der Waals surface area contributed by atoms with Gasteiger partial charge in [0, 0.05) is 23.8 Å². The van der Waals surface area contributed by atoms with Crippen molar-refractivity contribution in [2.45, 2.75) is 18.2 Å². The summed E-state index contributed by atoms with van der Waals surface area (Å²) in [4.78, 5) is -0.371. The number of nitrogen functional groups attached to an aromatic ring is 1. The van der Waals surface area contributed by atoms with Crippen molar-refractivity contribution in [3.8, 4) is 0 Å². The van der Waals surface area contributed by atoms with E-state index < -0.39 is 15.8 Å². The highest BCUT2D eigenvalue weighted by molar-refractivity contribution is 9.10. The minimum atomic E-state index is -3.83. The number of anilines is 1. The number of sulfonamides is 1. The molecular weight excluding hydrogens is 335 g/mol. The molecule has 19 heavy (non-hydrogen) atoms. The summed E-state index contributed by atoms with van der Waals surface area (Å²) in [5, 5.41) is 0. The molecule has 0 saturated heterocycles. The van der Waals surface area contributed by atoms with Gasteiger partial charge in [0.1, 0.15) is 10.7 Å². The van der Waals surface area contributed by atoms with E-state index in [2.05, 4.69) is 22.9 Å². The van der Waals surface area contributed by atoms with Gasteiger partial charge in [0.2, 0.25) is 10.0 Å². The Kier molecular flexibility index (Phi) is 3.90. The molecule has 1 fully saturated rings. The van der Waals surface area contributed by atoms with E-state index in [-0.39, 0.29) is 10.6 Å². The van der Waals surface area contributed by atoms with Crippen LogP contribution in [0.3, 0.4) is 0 Å². The van der Waals surface area contributed by atoms with E-state index in [1.165, 1.54) is 11.4 Å². The Bertz CT molecular complexity index is 606. The third-order valence-corrected chi connectivity index (χ3v) is 6.03. The molecule has 1 aromatic carbocycles. The zero-order valence-corrected chi connectivity index (χ0v) is 13.1. The molecule has 1 aliphatic rings. The van der Waals surface area contributed by atoms with Gasteiger partial charge in [0.05, 0.1) is 0 Å². The van der Waals surface area contributed by atoms with E-state index in [0.717, 1.165) is 18.6 Å². The molecule has 1 aliphatic carbocycles. The third-order valence-electron chi connectivity index (χ3n) is 3.51. The molecular formula is C12H16BrFN2O2S.